The molecule has 226 valence electrons. The van der Waals surface area contributed by atoms with E-state index in [1.807, 2.05) is 102 Å². The molecule has 0 bridgehead atoms. The zero-order valence-electron chi connectivity index (χ0n) is 25.0. The van der Waals surface area contributed by atoms with Gasteiger partial charge < -0.3 is 28.3 Å². The van der Waals surface area contributed by atoms with Crippen LogP contribution in [0.1, 0.15) is 6.42 Å². The molecule has 0 spiro atoms. The Balaban J connectivity index is 0.000000180. The maximum Gasteiger partial charge on any atom is 0.176 e. The zero-order valence-corrected chi connectivity index (χ0v) is 27.6. The molecule has 6 heterocycles. The van der Waals surface area contributed by atoms with Crippen molar-refractivity contribution in [3.8, 4) is 34.7 Å². The minimum Gasteiger partial charge on any atom is -0.385 e. The molecule has 0 saturated heterocycles. The molecule has 0 aliphatic heterocycles. The van der Waals surface area contributed by atoms with Gasteiger partial charge in [-0.25, -0.2) is 19.9 Å². The maximum absolute atomic E-state index is 5.01. The van der Waals surface area contributed by atoms with Gasteiger partial charge in [-0.2, -0.15) is 0 Å². The number of anilines is 1. The Bertz CT molecular complexity index is 1490. The fourth-order valence-corrected chi connectivity index (χ4v) is 3.97. The number of imidazole rings is 4. The van der Waals surface area contributed by atoms with Gasteiger partial charge >= 0.3 is 0 Å². The van der Waals surface area contributed by atoms with Gasteiger partial charge in [0.05, 0.1) is 11.4 Å². The Morgan fingerprint density at radius 2 is 1.09 bits per heavy atom. The van der Waals surface area contributed by atoms with Crippen molar-refractivity contribution in [1.82, 2.24) is 48.2 Å². The first kappa shape index (κ1) is 33.0. The van der Waals surface area contributed by atoms with E-state index in [2.05, 4.69) is 35.2 Å². The average Bonchev–Trinajstić information content (AvgIpc) is 3.82. The number of hydrogen-bond donors (Lipinski definition) is 1. The fourth-order valence-electron chi connectivity index (χ4n) is 3.97. The second-order valence-corrected chi connectivity index (χ2v) is 9.36. The van der Waals surface area contributed by atoms with E-state index < -0.39 is 0 Å². The van der Waals surface area contributed by atoms with Gasteiger partial charge in [-0.15, -0.1) is 0 Å². The van der Waals surface area contributed by atoms with Crippen LogP contribution >= 0.6 is 0 Å². The molecule has 0 aliphatic rings. The Hall–Kier alpha value is -4.46. The summed E-state index contributed by atoms with van der Waals surface area (Å²) in [6.45, 7) is 1.66. The average molecular weight is 758 g/mol. The van der Waals surface area contributed by atoms with E-state index in [1.54, 1.807) is 44.3 Å². The number of hydrogen-bond acceptors (Lipinski definition) is 8. The summed E-state index contributed by atoms with van der Waals surface area (Å²) in [6.07, 6.45) is 19.3. The number of aryl methyl sites for hydroxylation is 4. The van der Waals surface area contributed by atoms with Crippen molar-refractivity contribution in [2.24, 2.45) is 28.2 Å². The van der Waals surface area contributed by atoms with Crippen LogP contribution < -0.4 is 5.32 Å². The third-order valence-electron chi connectivity index (χ3n) is 6.23. The van der Waals surface area contributed by atoms with Gasteiger partial charge in [0.1, 0.15) is 0 Å². The van der Waals surface area contributed by atoms with Crippen molar-refractivity contribution in [1.29, 1.82) is 0 Å². The Kier molecular flexibility index (Phi) is 12.9. The van der Waals surface area contributed by atoms with Crippen LogP contribution in [0.3, 0.4) is 0 Å². The first-order chi connectivity index (χ1) is 20.5. The molecule has 6 aromatic heterocycles. The van der Waals surface area contributed by atoms with Crippen LogP contribution in [0.4, 0.5) is 5.69 Å². The second-order valence-electron chi connectivity index (χ2n) is 9.36. The van der Waals surface area contributed by atoms with Crippen LogP contribution in [-0.4, -0.2) is 68.4 Å². The summed E-state index contributed by atoms with van der Waals surface area (Å²) in [4.78, 5) is 25.4. The van der Waals surface area contributed by atoms with Crippen LogP contribution in [0.25, 0.3) is 34.7 Å². The van der Waals surface area contributed by atoms with Gasteiger partial charge in [-0.1, -0.05) is 6.07 Å². The minimum atomic E-state index is 0. The fraction of sp³-hybridized carbons (Fsp3) is 0.267. The molecule has 6 aromatic rings. The summed E-state index contributed by atoms with van der Waals surface area (Å²) in [5.74, 6) is 3.56. The summed E-state index contributed by atoms with van der Waals surface area (Å²) in [5, 5.41) is 3.34. The molecule has 0 aromatic carbocycles. The van der Waals surface area contributed by atoms with Crippen LogP contribution in [0.15, 0.2) is 92.3 Å². The number of ether oxygens (including phenoxy) is 1. The van der Waals surface area contributed by atoms with Gasteiger partial charge in [0.15, 0.2) is 23.3 Å². The molecule has 0 unspecified atom stereocenters. The molecule has 12 nitrogen and oxygen atoms in total. The van der Waals surface area contributed by atoms with Crippen molar-refractivity contribution >= 4 is 5.69 Å². The SMILES string of the molecule is COCCCNc1ccnc(-c2ccccn2)c1.Cn1ccnc1-c1nccn1C.Cn1ccnc1-c1nccn1C.[Os]. The number of nitrogens with one attached hydrogen (secondary N) is 1. The van der Waals surface area contributed by atoms with E-state index in [-0.39, 0.29) is 19.8 Å². The van der Waals surface area contributed by atoms with E-state index in [9.17, 15) is 0 Å². The van der Waals surface area contributed by atoms with Gasteiger partial charge in [-0.05, 0) is 30.7 Å². The van der Waals surface area contributed by atoms with Crippen LogP contribution in [0, 0.1) is 0 Å². The van der Waals surface area contributed by atoms with Gasteiger partial charge in [0.25, 0.3) is 0 Å². The molecule has 0 saturated carbocycles. The summed E-state index contributed by atoms with van der Waals surface area (Å²) in [6, 6.07) is 9.78. The maximum atomic E-state index is 5.01. The second kappa shape index (κ2) is 16.8. The molecule has 0 atom stereocenters. The standard InChI is InChI=1S/C14H17N3O.2C8H10N4.Os/c1-18-10-4-8-15-12-6-9-17-14(11-12)13-5-2-3-7-16-13;2*1-11-5-3-9-7(11)8-10-4-6-12(8)2;/h2-3,5-7,9,11H,4,8,10H2,1H3,(H,15,17);2*3-6H,1-2H3;. The molecule has 6 rings (SSSR count). The predicted octanol–water partition coefficient (Wildman–Crippen LogP) is 4.23. The van der Waals surface area contributed by atoms with Gasteiger partial charge in [0, 0.05) is 136 Å². The third-order valence-corrected chi connectivity index (χ3v) is 6.23. The molecule has 1 N–H and O–H groups in total. The predicted molar refractivity (Wildman–Crippen MR) is 163 cm³/mol. The van der Waals surface area contributed by atoms with Crippen LogP contribution in [-0.2, 0) is 52.7 Å². The van der Waals surface area contributed by atoms with Crippen LogP contribution in [0.2, 0.25) is 0 Å². The number of nitrogens with zero attached hydrogens (tertiary/aromatic N) is 10. The first-order valence-electron chi connectivity index (χ1n) is 13.5. The van der Waals surface area contributed by atoms with Crippen LogP contribution in [0.5, 0.6) is 0 Å². The van der Waals surface area contributed by atoms with E-state index in [0.717, 1.165) is 59.9 Å². The molecule has 0 amide bonds. The molecular formula is C30H37N11OOs. The van der Waals surface area contributed by atoms with E-state index in [0.29, 0.717) is 0 Å². The molecule has 13 heteroatoms. The van der Waals surface area contributed by atoms with E-state index in [1.165, 1.54) is 0 Å². The number of rotatable bonds is 8. The molecule has 0 radical (unpaired) electrons. The van der Waals surface area contributed by atoms with E-state index in [4.69, 9.17) is 4.74 Å². The van der Waals surface area contributed by atoms with Gasteiger partial charge in [-0.3, -0.25) is 9.97 Å². The number of methoxy groups -OCH3 is 1. The quantitative estimate of drug-likeness (QED) is 0.230. The Morgan fingerprint density at radius 3 is 1.49 bits per heavy atom. The largest absolute Gasteiger partial charge is 0.385 e. The Labute approximate surface area is 264 Å². The number of aromatic nitrogens is 10. The topological polar surface area (TPSA) is 118 Å². The first-order valence-corrected chi connectivity index (χ1v) is 13.5. The Morgan fingerprint density at radius 1 is 0.605 bits per heavy atom. The van der Waals surface area contributed by atoms with Crippen molar-refractivity contribution in [2.45, 2.75) is 6.42 Å². The number of pyridine rings is 2. The van der Waals surface area contributed by atoms with Crippen molar-refractivity contribution in [3.05, 3.63) is 92.3 Å². The van der Waals surface area contributed by atoms with Crippen molar-refractivity contribution in [2.75, 3.05) is 25.6 Å². The summed E-state index contributed by atoms with van der Waals surface area (Å²) >= 11 is 0. The smallest absolute Gasteiger partial charge is 0.176 e. The van der Waals surface area contributed by atoms with Crippen molar-refractivity contribution < 1.29 is 24.5 Å². The minimum absolute atomic E-state index is 0. The van der Waals surface area contributed by atoms with Crippen molar-refractivity contribution in [3.63, 3.8) is 0 Å². The normalized spacial score (nSPS) is 10.2. The third kappa shape index (κ3) is 9.26. The molecule has 43 heavy (non-hydrogen) atoms. The van der Waals surface area contributed by atoms with E-state index >= 15 is 0 Å². The monoisotopic (exact) mass is 759 g/mol. The summed E-state index contributed by atoms with van der Waals surface area (Å²) in [7, 11) is 9.54. The summed E-state index contributed by atoms with van der Waals surface area (Å²) < 4.78 is 12.8. The van der Waals surface area contributed by atoms with Gasteiger partial charge in [0.2, 0.25) is 0 Å². The molecular weight excluding hydrogens is 721 g/mol. The zero-order chi connectivity index (χ0) is 29.7. The molecule has 0 fully saturated rings. The molecule has 0 aliphatic carbocycles. The summed E-state index contributed by atoms with van der Waals surface area (Å²) in [5.41, 5.74) is 2.83.